The summed E-state index contributed by atoms with van der Waals surface area (Å²) in [4.78, 5) is 0. The van der Waals surface area contributed by atoms with Gasteiger partial charge < -0.3 is 5.73 Å². The van der Waals surface area contributed by atoms with Crippen LogP contribution >= 0.6 is 0 Å². The molecule has 0 amide bonds. The number of unbranched alkanes of at least 4 members (excludes halogenated alkanes) is 7. The molecule has 0 saturated heterocycles. The van der Waals surface area contributed by atoms with Crippen molar-refractivity contribution in [3.63, 3.8) is 0 Å². The van der Waals surface area contributed by atoms with Crippen LogP contribution in [0.4, 0.5) is 0 Å². The summed E-state index contributed by atoms with van der Waals surface area (Å²) in [5.41, 5.74) is 5.67. The first-order chi connectivity index (χ1) is 7.72. The van der Waals surface area contributed by atoms with Crippen molar-refractivity contribution in [2.75, 3.05) is 6.54 Å². The van der Waals surface area contributed by atoms with E-state index in [1.807, 2.05) is 0 Å². The highest BCUT2D eigenvalue weighted by atomic mass is 14.5. The second-order valence-electron chi connectivity index (χ2n) is 5.45. The van der Waals surface area contributed by atoms with Gasteiger partial charge in [-0.05, 0) is 18.4 Å². The maximum Gasteiger partial charge on any atom is -0.00490 e. The fourth-order valence-electron chi connectivity index (χ4n) is 2.12. The Morgan fingerprint density at radius 1 is 0.750 bits per heavy atom. The Balaban J connectivity index is 3.14. The Hall–Kier alpha value is -0.0400. The number of rotatable bonds is 11. The smallest absolute Gasteiger partial charge is 0.00490 e. The van der Waals surface area contributed by atoms with Gasteiger partial charge in [-0.15, -0.1) is 0 Å². The van der Waals surface area contributed by atoms with Crippen molar-refractivity contribution < 1.29 is 0 Å². The quantitative estimate of drug-likeness (QED) is 0.507. The number of nitrogens with two attached hydrogens (primary N) is 1. The second-order valence-corrected chi connectivity index (χ2v) is 5.45. The average molecular weight is 227 g/mol. The van der Waals surface area contributed by atoms with Gasteiger partial charge in [0.05, 0.1) is 0 Å². The minimum absolute atomic E-state index is 0.699. The van der Waals surface area contributed by atoms with E-state index in [-0.39, 0.29) is 0 Å². The lowest BCUT2D eigenvalue weighted by Crippen LogP contribution is -2.18. The molecule has 0 spiro atoms. The minimum atomic E-state index is 0.699. The SMILES string of the molecule is CCCCCCCCCCC(C)C(C)CN. The van der Waals surface area contributed by atoms with E-state index in [1.54, 1.807) is 0 Å². The first kappa shape index (κ1) is 16.0. The maximum atomic E-state index is 5.67. The molecule has 0 rings (SSSR count). The van der Waals surface area contributed by atoms with Gasteiger partial charge in [0.25, 0.3) is 0 Å². The molecule has 1 heteroatoms. The third-order valence-corrected chi connectivity index (χ3v) is 3.86. The van der Waals surface area contributed by atoms with Gasteiger partial charge in [-0.25, -0.2) is 0 Å². The Morgan fingerprint density at radius 3 is 1.75 bits per heavy atom. The van der Waals surface area contributed by atoms with Gasteiger partial charge in [0, 0.05) is 0 Å². The predicted molar refractivity (Wildman–Crippen MR) is 74.6 cm³/mol. The van der Waals surface area contributed by atoms with Crippen LogP contribution in [0.25, 0.3) is 0 Å². The maximum absolute atomic E-state index is 5.67. The van der Waals surface area contributed by atoms with Crippen molar-refractivity contribution in [3.05, 3.63) is 0 Å². The largest absolute Gasteiger partial charge is 0.330 e. The van der Waals surface area contributed by atoms with Crippen LogP contribution < -0.4 is 5.73 Å². The molecule has 0 heterocycles. The van der Waals surface area contributed by atoms with Gasteiger partial charge in [0.15, 0.2) is 0 Å². The van der Waals surface area contributed by atoms with Gasteiger partial charge in [0.2, 0.25) is 0 Å². The Kier molecular flexibility index (Phi) is 11.4. The summed E-state index contributed by atoms with van der Waals surface area (Å²) in [6.07, 6.45) is 12.7. The molecule has 0 bridgehead atoms. The zero-order valence-corrected chi connectivity index (χ0v) is 11.8. The molecule has 2 unspecified atom stereocenters. The first-order valence-corrected chi connectivity index (χ1v) is 7.42. The molecule has 0 fully saturated rings. The van der Waals surface area contributed by atoms with Crippen LogP contribution in [0, 0.1) is 11.8 Å². The molecule has 0 aliphatic carbocycles. The first-order valence-electron chi connectivity index (χ1n) is 7.42. The molecular weight excluding hydrogens is 194 g/mol. The monoisotopic (exact) mass is 227 g/mol. The minimum Gasteiger partial charge on any atom is -0.330 e. The van der Waals surface area contributed by atoms with Crippen molar-refractivity contribution in [1.29, 1.82) is 0 Å². The molecule has 0 aromatic carbocycles. The van der Waals surface area contributed by atoms with Gasteiger partial charge in [0.1, 0.15) is 0 Å². The molecule has 0 aromatic heterocycles. The summed E-state index contributed by atoms with van der Waals surface area (Å²) in [6, 6.07) is 0. The third kappa shape index (κ3) is 9.21. The Labute approximate surface area is 103 Å². The average Bonchev–Trinajstić information content (AvgIpc) is 2.31. The normalized spacial score (nSPS) is 15.0. The summed E-state index contributed by atoms with van der Waals surface area (Å²) in [5.74, 6) is 1.51. The highest BCUT2D eigenvalue weighted by molar-refractivity contribution is 4.62. The van der Waals surface area contributed by atoms with Crippen LogP contribution in [0.3, 0.4) is 0 Å². The summed E-state index contributed by atoms with van der Waals surface area (Å²) in [7, 11) is 0. The molecule has 16 heavy (non-hydrogen) atoms. The summed E-state index contributed by atoms with van der Waals surface area (Å²) < 4.78 is 0. The molecule has 0 radical (unpaired) electrons. The Bertz CT molecular complexity index is 133. The lowest BCUT2D eigenvalue weighted by molar-refractivity contribution is 0.357. The molecule has 0 aliphatic rings. The summed E-state index contributed by atoms with van der Waals surface area (Å²) in [6.45, 7) is 7.74. The van der Waals surface area contributed by atoms with Crippen molar-refractivity contribution in [1.82, 2.24) is 0 Å². The summed E-state index contributed by atoms with van der Waals surface area (Å²) >= 11 is 0. The second kappa shape index (κ2) is 11.4. The standard InChI is InChI=1S/C15H33N/c1-4-5-6-7-8-9-10-11-12-14(2)15(3)13-16/h14-15H,4-13,16H2,1-3H3. The molecule has 98 valence electrons. The number of hydrogen-bond donors (Lipinski definition) is 1. The fraction of sp³-hybridized carbons (Fsp3) is 1.00. The van der Waals surface area contributed by atoms with E-state index in [2.05, 4.69) is 20.8 Å². The van der Waals surface area contributed by atoms with Crippen molar-refractivity contribution in [3.8, 4) is 0 Å². The molecule has 2 N–H and O–H groups in total. The van der Waals surface area contributed by atoms with E-state index in [0.717, 1.165) is 12.5 Å². The predicted octanol–water partition coefficient (Wildman–Crippen LogP) is 4.75. The van der Waals surface area contributed by atoms with Crippen LogP contribution in [0.5, 0.6) is 0 Å². The fourth-order valence-corrected chi connectivity index (χ4v) is 2.12. The van der Waals surface area contributed by atoms with Crippen LogP contribution in [0.1, 0.15) is 78.6 Å². The van der Waals surface area contributed by atoms with Crippen molar-refractivity contribution in [2.45, 2.75) is 78.6 Å². The molecule has 2 atom stereocenters. The van der Waals surface area contributed by atoms with Gasteiger partial charge in [-0.2, -0.15) is 0 Å². The molecule has 0 aliphatic heterocycles. The molecular formula is C15H33N. The van der Waals surface area contributed by atoms with E-state index >= 15 is 0 Å². The highest BCUT2D eigenvalue weighted by Gasteiger charge is 2.09. The summed E-state index contributed by atoms with van der Waals surface area (Å²) in [5, 5.41) is 0. The van der Waals surface area contributed by atoms with Crippen molar-refractivity contribution >= 4 is 0 Å². The lowest BCUT2D eigenvalue weighted by atomic mass is 9.90. The van der Waals surface area contributed by atoms with Crippen LogP contribution in [-0.2, 0) is 0 Å². The number of hydrogen-bond acceptors (Lipinski definition) is 1. The lowest BCUT2D eigenvalue weighted by Gasteiger charge is -2.17. The van der Waals surface area contributed by atoms with E-state index in [9.17, 15) is 0 Å². The van der Waals surface area contributed by atoms with E-state index in [1.165, 1.54) is 57.8 Å². The van der Waals surface area contributed by atoms with Crippen molar-refractivity contribution in [2.24, 2.45) is 17.6 Å². The van der Waals surface area contributed by atoms with Gasteiger partial charge >= 0.3 is 0 Å². The van der Waals surface area contributed by atoms with E-state index in [0.29, 0.717) is 5.92 Å². The zero-order chi connectivity index (χ0) is 12.2. The van der Waals surface area contributed by atoms with E-state index < -0.39 is 0 Å². The van der Waals surface area contributed by atoms with Gasteiger partial charge in [-0.1, -0.05) is 78.6 Å². The molecule has 1 nitrogen and oxygen atoms in total. The Morgan fingerprint density at radius 2 is 1.25 bits per heavy atom. The molecule has 0 aromatic rings. The topological polar surface area (TPSA) is 26.0 Å². The zero-order valence-electron chi connectivity index (χ0n) is 11.8. The van der Waals surface area contributed by atoms with E-state index in [4.69, 9.17) is 5.73 Å². The third-order valence-electron chi connectivity index (χ3n) is 3.86. The molecule has 0 saturated carbocycles. The van der Waals surface area contributed by atoms with Crippen LogP contribution in [-0.4, -0.2) is 6.54 Å². The van der Waals surface area contributed by atoms with Crippen LogP contribution in [0.2, 0.25) is 0 Å². The van der Waals surface area contributed by atoms with Crippen LogP contribution in [0.15, 0.2) is 0 Å². The highest BCUT2D eigenvalue weighted by Crippen LogP contribution is 2.18. The van der Waals surface area contributed by atoms with Gasteiger partial charge in [-0.3, -0.25) is 0 Å².